The van der Waals surface area contributed by atoms with E-state index in [2.05, 4.69) is 60.1 Å². The number of thiazole rings is 1. The molecule has 0 saturated heterocycles. The molecule has 0 saturated carbocycles. The van der Waals surface area contributed by atoms with Gasteiger partial charge in [0.1, 0.15) is 11.4 Å². The van der Waals surface area contributed by atoms with E-state index in [0.29, 0.717) is 11.5 Å². The second kappa shape index (κ2) is 11.2. The van der Waals surface area contributed by atoms with E-state index in [0.717, 1.165) is 76.3 Å². The van der Waals surface area contributed by atoms with Crippen molar-refractivity contribution in [2.24, 2.45) is 0 Å². The van der Waals surface area contributed by atoms with E-state index in [1.807, 2.05) is 12.3 Å². The van der Waals surface area contributed by atoms with Gasteiger partial charge in [0.05, 0.1) is 29.1 Å². The molecule has 34 heavy (non-hydrogen) atoms. The molecule has 1 aromatic carbocycles. The maximum Gasteiger partial charge on any atom is 0.183 e. The molecule has 3 heterocycles. The molecule has 0 fully saturated rings. The highest BCUT2D eigenvalue weighted by atomic mass is 32.1. The summed E-state index contributed by atoms with van der Waals surface area (Å²) in [6.07, 6.45) is 10.0. The fourth-order valence-corrected chi connectivity index (χ4v) is 4.30. The summed E-state index contributed by atoms with van der Waals surface area (Å²) >= 11 is 1.59. The molecule has 0 unspecified atom stereocenters. The van der Waals surface area contributed by atoms with Crippen LogP contribution in [0.25, 0.3) is 33.3 Å². The van der Waals surface area contributed by atoms with E-state index in [1.54, 1.807) is 29.9 Å². The predicted molar refractivity (Wildman–Crippen MR) is 138 cm³/mol. The highest BCUT2D eigenvalue weighted by Gasteiger charge is 2.16. The van der Waals surface area contributed by atoms with Crippen LogP contribution in [0.1, 0.15) is 44.2 Å². The molecule has 8 heteroatoms. The third-order valence-corrected chi connectivity index (χ3v) is 6.33. The molecule has 0 bridgehead atoms. The van der Waals surface area contributed by atoms with Gasteiger partial charge in [-0.15, -0.1) is 0 Å². The maximum atomic E-state index is 6.01. The number of hydrogen-bond acceptors (Lipinski definition) is 8. The van der Waals surface area contributed by atoms with Gasteiger partial charge >= 0.3 is 0 Å². The number of aryl methyl sites for hydroxylation is 2. The Morgan fingerprint density at radius 1 is 0.882 bits per heavy atom. The van der Waals surface area contributed by atoms with E-state index < -0.39 is 0 Å². The van der Waals surface area contributed by atoms with Crippen LogP contribution in [0.2, 0.25) is 0 Å². The summed E-state index contributed by atoms with van der Waals surface area (Å²) in [7, 11) is 0. The summed E-state index contributed by atoms with van der Waals surface area (Å²) in [5, 5.41) is 4.24. The van der Waals surface area contributed by atoms with Gasteiger partial charge in [0, 0.05) is 30.7 Å². The van der Waals surface area contributed by atoms with E-state index in [1.165, 1.54) is 0 Å². The summed E-state index contributed by atoms with van der Waals surface area (Å²) in [6, 6.07) is 6.27. The second-order valence-corrected chi connectivity index (χ2v) is 9.17. The van der Waals surface area contributed by atoms with Crippen molar-refractivity contribution in [2.75, 3.05) is 18.5 Å². The first-order chi connectivity index (χ1) is 16.6. The number of aromatic nitrogens is 5. The van der Waals surface area contributed by atoms with Crippen LogP contribution in [-0.4, -0.2) is 38.1 Å². The molecule has 0 aliphatic rings. The number of benzene rings is 1. The number of hydrogen-bond donors (Lipinski definition) is 1. The van der Waals surface area contributed by atoms with Gasteiger partial charge in [0.15, 0.2) is 11.0 Å². The largest absolute Gasteiger partial charge is 0.493 e. The molecule has 0 radical (unpaired) electrons. The number of nitrogens with zero attached hydrogens (tertiary/aromatic N) is 5. The zero-order valence-corrected chi connectivity index (χ0v) is 20.9. The summed E-state index contributed by atoms with van der Waals surface area (Å²) < 4.78 is 6.01. The van der Waals surface area contributed by atoms with Gasteiger partial charge < -0.3 is 10.1 Å². The topological polar surface area (TPSA) is 85.7 Å². The average molecular weight is 475 g/mol. The van der Waals surface area contributed by atoms with Crippen LogP contribution < -0.4 is 10.1 Å². The summed E-state index contributed by atoms with van der Waals surface area (Å²) in [5.74, 6) is 1.46. The highest BCUT2D eigenvalue weighted by Crippen LogP contribution is 2.34. The van der Waals surface area contributed by atoms with Crippen LogP contribution in [0.5, 0.6) is 5.75 Å². The normalized spacial score (nSPS) is 10.9. The van der Waals surface area contributed by atoms with E-state index in [9.17, 15) is 0 Å². The number of unbranched alkanes of at least 4 members (excludes halogenated alkanes) is 1. The molecule has 3 aromatic heterocycles. The Labute approximate surface area is 204 Å². The van der Waals surface area contributed by atoms with E-state index >= 15 is 0 Å². The average Bonchev–Trinajstić information content (AvgIpc) is 3.34. The van der Waals surface area contributed by atoms with E-state index in [-0.39, 0.29) is 0 Å². The standard InChI is InChI=1S/C26H30N6OS/c1-5-7-11-33-23-13-17(3)19(12-18(23)4)20-14-21(24-16-30-26(34-24)29-8-6-2)32-25(31-20)22-15-27-9-10-28-22/h9-10,12-16H,5-8,11H2,1-4H3,(H,29,30). The van der Waals surface area contributed by atoms with Crippen LogP contribution in [0.15, 0.2) is 43.0 Å². The SMILES string of the molecule is CCCCOc1cc(C)c(-c2cc(-c3cnc(NCCC)s3)nc(-c3cnccn3)n2)cc1C. The van der Waals surface area contributed by atoms with Crippen LogP contribution in [0.4, 0.5) is 5.13 Å². The minimum Gasteiger partial charge on any atom is -0.493 e. The Morgan fingerprint density at radius 2 is 1.74 bits per heavy atom. The fourth-order valence-electron chi connectivity index (χ4n) is 3.49. The van der Waals surface area contributed by atoms with Crippen molar-refractivity contribution in [1.82, 2.24) is 24.9 Å². The molecule has 176 valence electrons. The smallest absolute Gasteiger partial charge is 0.183 e. The highest BCUT2D eigenvalue weighted by molar-refractivity contribution is 7.18. The summed E-state index contributed by atoms with van der Waals surface area (Å²) in [4.78, 5) is 23.8. The van der Waals surface area contributed by atoms with Crippen molar-refractivity contribution in [3.05, 3.63) is 54.1 Å². The number of nitrogens with one attached hydrogen (secondary N) is 1. The van der Waals surface area contributed by atoms with Crippen molar-refractivity contribution >= 4 is 16.5 Å². The lowest BCUT2D eigenvalue weighted by Crippen LogP contribution is -2.01. The van der Waals surface area contributed by atoms with Gasteiger partial charge in [-0.2, -0.15) is 0 Å². The Hall–Kier alpha value is -3.39. The van der Waals surface area contributed by atoms with Crippen LogP contribution in [0, 0.1) is 13.8 Å². The van der Waals surface area contributed by atoms with Crippen LogP contribution in [0.3, 0.4) is 0 Å². The minimum absolute atomic E-state index is 0.539. The first kappa shape index (κ1) is 23.8. The maximum absolute atomic E-state index is 6.01. The zero-order valence-electron chi connectivity index (χ0n) is 20.1. The quantitative estimate of drug-likeness (QED) is 0.268. The number of anilines is 1. The fraction of sp³-hybridized carbons (Fsp3) is 0.346. The number of ether oxygens (including phenoxy) is 1. The summed E-state index contributed by atoms with van der Waals surface area (Å²) in [6.45, 7) is 10.1. The molecular weight excluding hydrogens is 444 g/mol. The molecule has 1 N–H and O–H groups in total. The van der Waals surface area contributed by atoms with Gasteiger partial charge in [0.2, 0.25) is 0 Å². The molecule has 0 spiro atoms. The summed E-state index contributed by atoms with van der Waals surface area (Å²) in [5.41, 5.74) is 5.51. The Morgan fingerprint density at radius 3 is 2.50 bits per heavy atom. The van der Waals surface area contributed by atoms with Crippen molar-refractivity contribution in [3.8, 4) is 39.1 Å². The monoisotopic (exact) mass is 474 g/mol. The second-order valence-electron chi connectivity index (χ2n) is 8.14. The van der Waals surface area contributed by atoms with Crippen LogP contribution in [-0.2, 0) is 0 Å². The molecule has 4 rings (SSSR count). The van der Waals surface area contributed by atoms with E-state index in [4.69, 9.17) is 14.7 Å². The van der Waals surface area contributed by atoms with Gasteiger partial charge in [-0.25, -0.2) is 19.9 Å². The molecule has 7 nitrogen and oxygen atoms in total. The minimum atomic E-state index is 0.539. The first-order valence-corrected chi connectivity index (χ1v) is 12.5. The lowest BCUT2D eigenvalue weighted by atomic mass is 10.0. The van der Waals surface area contributed by atoms with Crippen molar-refractivity contribution in [1.29, 1.82) is 0 Å². The Balaban J connectivity index is 1.77. The molecule has 0 aliphatic heterocycles. The van der Waals surface area contributed by atoms with Gasteiger partial charge in [-0.1, -0.05) is 31.6 Å². The lowest BCUT2D eigenvalue weighted by Gasteiger charge is -2.14. The first-order valence-electron chi connectivity index (χ1n) is 11.7. The molecule has 0 amide bonds. The van der Waals surface area contributed by atoms with Gasteiger partial charge in [0.25, 0.3) is 0 Å². The van der Waals surface area contributed by atoms with Crippen molar-refractivity contribution in [2.45, 2.75) is 47.0 Å². The van der Waals surface area contributed by atoms with Crippen molar-refractivity contribution < 1.29 is 4.74 Å². The van der Waals surface area contributed by atoms with Crippen molar-refractivity contribution in [3.63, 3.8) is 0 Å². The molecular formula is C26H30N6OS. The number of rotatable bonds is 10. The molecule has 0 aliphatic carbocycles. The predicted octanol–water partition coefficient (Wildman–Crippen LogP) is 6.34. The zero-order chi connectivity index (χ0) is 23.9. The van der Waals surface area contributed by atoms with Gasteiger partial charge in [-0.05, 0) is 56.0 Å². The third-order valence-electron chi connectivity index (χ3n) is 5.36. The lowest BCUT2D eigenvalue weighted by molar-refractivity contribution is 0.307. The Kier molecular flexibility index (Phi) is 7.80. The molecule has 0 atom stereocenters. The van der Waals surface area contributed by atoms with Gasteiger partial charge in [-0.3, -0.25) is 4.98 Å². The van der Waals surface area contributed by atoms with Crippen LogP contribution >= 0.6 is 11.3 Å². The molecule has 4 aromatic rings. The third kappa shape index (κ3) is 5.56. The Bertz CT molecular complexity index is 1240.